The van der Waals surface area contributed by atoms with Gasteiger partial charge in [0.25, 0.3) is 0 Å². The van der Waals surface area contributed by atoms with Crippen molar-refractivity contribution in [2.75, 3.05) is 7.11 Å². The Morgan fingerprint density at radius 3 is 2.14 bits per heavy atom. The lowest BCUT2D eigenvalue weighted by Gasteiger charge is -2.68. The van der Waals surface area contributed by atoms with Crippen LogP contribution in [-0.4, -0.2) is 24.2 Å². The molecule has 0 bridgehead atoms. The molecule has 4 fully saturated rings. The summed E-state index contributed by atoms with van der Waals surface area (Å²) in [5.74, 6) is 2.17. The summed E-state index contributed by atoms with van der Waals surface area (Å²) in [6.45, 7) is 14.5. The van der Waals surface area contributed by atoms with Crippen molar-refractivity contribution in [1.29, 1.82) is 0 Å². The summed E-state index contributed by atoms with van der Waals surface area (Å²) in [4.78, 5) is 24.5. The van der Waals surface area contributed by atoms with Gasteiger partial charge < -0.3 is 9.84 Å². The third kappa shape index (κ3) is 4.69. The first kappa shape index (κ1) is 31.3. The lowest BCUT2D eigenvalue weighted by Crippen LogP contribution is -2.61. The third-order valence-electron chi connectivity index (χ3n) is 13.6. The van der Waals surface area contributed by atoms with E-state index in [1.165, 1.54) is 56.8 Å². The van der Waals surface area contributed by atoms with Crippen LogP contribution in [-0.2, 0) is 9.53 Å². The summed E-state index contributed by atoms with van der Waals surface area (Å²) in [5, 5.41) is 10.3. The van der Waals surface area contributed by atoms with E-state index in [0.717, 1.165) is 38.5 Å². The Morgan fingerprint density at radius 1 is 0.833 bits per heavy atom. The standard InChI is InChI=1S/C34H46O4.C4H10/c1-31(2)24(21-8-10-22(11-9-21)29(35)38-5)14-18-33(4)27(31)16-19-32(3)25-15-20-34(30(36)37)17-6-7-26(34)23(25)12-13-28(32)33;1-3-4-2/h8-11,14,23,25-28H,6-7,12-13,15-20H2,1-5H3,(H,36,37);3-4H2,1-2H3/t23?,25?,26-,27?,28?,32?,33?,34?;/m1./s1. The molecule has 0 saturated heterocycles. The van der Waals surface area contributed by atoms with Gasteiger partial charge in [0.05, 0.1) is 18.1 Å². The molecule has 4 heteroatoms. The molecular formula is C38H56O4. The highest BCUT2D eigenvalue weighted by molar-refractivity contribution is 5.90. The Balaban J connectivity index is 0.000000830. The van der Waals surface area contributed by atoms with E-state index < -0.39 is 11.4 Å². The van der Waals surface area contributed by atoms with Crippen molar-refractivity contribution in [2.24, 2.45) is 51.2 Å². The molecule has 0 radical (unpaired) electrons. The van der Waals surface area contributed by atoms with E-state index in [0.29, 0.717) is 40.6 Å². The topological polar surface area (TPSA) is 63.6 Å². The highest BCUT2D eigenvalue weighted by Gasteiger charge is 2.66. The fraction of sp³-hybridized carbons (Fsp3) is 0.737. The highest BCUT2D eigenvalue weighted by Crippen LogP contribution is 2.73. The Kier molecular flexibility index (Phi) is 8.53. The molecular weight excluding hydrogens is 520 g/mol. The van der Waals surface area contributed by atoms with Gasteiger partial charge in [-0.15, -0.1) is 0 Å². The minimum atomic E-state index is -0.507. The Bertz CT molecular complexity index is 1190. The second-order valence-electron chi connectivity index (χ2n) is 15.6. The van der Waals surface area contributed by atoms with Crippen LogP contribution in [0.3, 0.4) is 0 Å². The van der Waals surface area contributed by atoms with Gasteiger partial charge in [-0.05, 0) is 127 Å². The summed E-state index contributed by atoms with van der Waals surface area (Å²) in [6, 6.07) is 7.99. The summed E-state index contributed by atoms with van der Waals surface area (Å²) in [6.07, 6.45) is 16.4. The van der Waals surface area contributed by atoms with Gasteiger partial charge in [0.2, 0.25) is 0 Å². The average Bonchev–Trinajstić information content (AvgIpc) is 3.43. The smallest absolute Gasteiger partial charge is 0.337 e. The van der Waals surface area contributed by atoms with E-state index in [4.69, 9.17) is 4.74 Å². The summed E-state index contributed by atoms with van der Waals surface area (Å²) in [7, 11) is 1.43. The SMILES string of the molecule is CCCC.COC(=O)c1ccc(C2=CCC3(C)C(CCC4(C)C5CCC6(C(=O)O)CCC[C@@H]6C5CCC43)C2(C)C)cc1. The zero-order valence-corrected chi connectivity index (χ0v) is 27.4. The van der Waals surface area contributed by atoms with Crippen LogP contribution in [0.1, 0.15) is 135 Å². The highest BCUT2D eigenvalue weighted by atomic mass is 16.5. The van der Waals surface area contributed by atoms with Crippen LogP contribution in [0.2, 0.25) is 0 Å². The van der Waals surface area contributed by atoms with E-state index in [1.54, 1.807) is 0 Å². The van der Waals surface area contributed by atoms with Crippen molar-refractivity contribution in [3.63, 3.8) is 0 Å². The molecule has 0 aromatic heterocycles. The monoisotopic (exact) mass is 576 g/mol. The summed E-state index contributed by atoms with van der Waals surface area (Å²) in [5.41, 5.74) is 3.43. The van der Waals surface area contributed by atoms with Crippen molar-refractivity contribution in [3.05, 3.63) is 41.5 Å². The van der Waals surface area contributed by atoms with Gasteiger partial charge in [0, 0.05) is 0 Å². The molecule has 0 amide bonds. The first-order valence-electron chi connectivity index (χ1n) is 17.0. The molecule has 1 aromatic rings. The number of carboxylic acids is 1. The fourth-order valence-electron chi connectivity index (χ4n) is 11.6. The second-order valence-corrected chi connectivity index (χ2v) is 15.6. The van der Waals surface area contributed by atoms with Crippen molar-refractivity contribution in [3.8, 4) is 0 Å². The number of unbranched alkanes of at least 4 members (excludes halogenated alkanes) is 1. The number of esters is 1. The molecule has 42 heavy (non-hydrogen) atoms. The van der Waals surface area contributed by atoms with Gasteiger partial charge in [-0.1, -0.05) is 79.0 Å². The van der Waals surface area contributed by atoms with Crippen LogP contribution >= 0.6 is 0 Å². The van der Waals surface area contributed by atoms with Gasteiger partial charge in [-0.2, -0.15) is 0 Å². The van der Waals surface area contributed by atoms with Crippen LogP contribution in [0, 0.1) is 51.2 Å². The first-order valence-corrected chi connectivity index (χ1v) is 17.0. The number of aliphatic carboxylic acids is 1. The number of hydrogen-bond acceptors (Lipinski definition) is 3. The van der Waals surface area contributed by atoms with Gasteiger partial charge >= 0.3 is 11.9 Å². The zero-order chi connectivity index (χ0) is 30.5. The number of ether oxygens (including phenoxy) is 1. The van der Waals surface area contributed by atoms with E-state index >= 15 is 0 Å². The van der Waals surface area contributed by atoms with Gasteiger partial charge in [0.15, 0.2) is 0 Å². The summed E-state index contributed by atoms with van der Waals surface area (Å²) < 4.78 is 4.90. The molecule has 4 saturated carbocycles. The predicted octanol–water partition coefficient (Wildman–Crippen LogP) is 9.82. The van der Waals surface area contributed by atoms with Gasteiger partial charge in [-0.25, -0.2) is 4.79 Å². The molecule has 5 aliphatic rings. The number of rotatable bonds is 4. The Hall–Kier alpha value is -2.10. The van der Waals surface area contributed by atoms with E-state index in [-0.39, 0.29) is 16.8 Å². The van der Waals surface area contributed by atoms with Crippen LogP contribution < -0.4 is 0 Å². The Morgan fingerprint density at radius 2 is 1.52 bits per heavy atom. The van der Waals surface area contributed by atoms with Gasteiger partial charge in [-0.3, -0.25) is 4.79 Å². The number of benzene rings is 1. The van der Waals surface area contributed by atoms with Crippen molar-refractivity contribution < 1.29 is 19.4 Å². The van der Waals surface area contributed by atoms with Crippen LogP contribution in [0.25, 0.3) is 5.57 Å². The lowest BCUT2D eigenvalue weighted by atomic mass is 9.36. The molecule has 232 valence electrons. The molecule has 8 atom stereocenters. The quantitative estimate of drug-likeness (QED) is 0.362. The van der Waals surface area contributed by atoms with Crippen LogP contribution in [0.5, 0.6) is 0 Å². The van der Waals surface area contributed by atoms with Gasteiger partial charge in [0.1, 0.15) is 0 Å². The maximum atomic E-state index is 12.5. The van der Waals surface area contributed by atoms with Crippen molar-refractivity contribution >= 4 is 17.5 Å². The molecule has 0 aliphatic heterocycles. The number of methoxy groups -OCH3 is 1. The molecule has 1 aromatic carbocycles. The molecule has 0 spiro atoms. The molecule has 4 nitrogen and oxygen atoms in total. The number of carboxylic acid groups (broad SMARTS) is 1. The van der Waals surface area contributed by atoms with E-state index in [2.05, 4.69) is 59.8 Å². The lowest BCUT2D eigenvalue weighted by molar-refractivity contribution is -0.187. The largest absolute Gasteiger partial charge is 0.481 e. The minimum absolute atomic E-state index is 0.0500. The van der Waals surface area contributed by atoms with Crippen molar-refractivity contribution in [1.82, 2.24) is 0 Å². The van der Waals surface area contributed by atoms with E-state index in [1.807, 2.05) is 12.1 Å². The molecule has 1 N–H and O–H groups in total. The molecule has 6 rings (SSSR count). The Labute approximate surface area is 255 Å². The maximum Gasteiger partial charge on any atom is 0.337 e. The summed E-state index contributed by atoms with van der Waals surface area (Å²) >= 11 is 0. The average molecular weight is 577 g/mol. The number of carbonyl (C=O) groups excluding carboxylic acids is 1. The second kappa shape index (κ2) is 11.4. The van der Waals surface area contributed by atoms with Crippen LogP contribution in [0.15, 0.2) is 30.3 Å². The normalized spacial score (nSPS) is 39.7. The van der Waals surface area contributed by atoms with Crippen LogP contribution in [0.4, 0.5) is 0 Å². The third-order valence-corrected chi connectivity index (χ3v) is 13.6. The molecule has 0 heterocycles. The molecule has 5 aliphatic carbocycles. The number of carbonyl (C=O) groups is 2. The maximum absolute atomic E-state index is 12.5. The number of hydrogen-bond donors (Lipinski definition) is 1. The first-order chi connectivity index (χ1) is 19.9. The zero-order valence-electron chi connectivity index (χ0n) is 27.4. The predicted molar refractivity (Wildman–Crippen MR) is 170 cm³/mol. The van der Waals surface area contributed by atoms with Crippen molar-refractivity contribution in [2.45, 2.75) is 119 Å². The minimum Gasteiger partial charge on any atom is -0.481 e. The fourth-order valence-corrected chi connectivity index (χ4v) is 11.6. The number of fused-ring (bicyclic) bond motifs is 7. The molecule has 7 unspecified atom stereocenters. The number of allylic oxidation sites excluding steroid dienone is 2. The van der Waals surface area contributed by atoms with E-state index in [9.17, 15) is 14.7 Å².